The second kappa shape index (κ2) is 11.7. The normalized spacial score (nSPS) is 14.1. The number of carbonyl (C=O) groups is 1. The number of thioether (sulfide) groups is 1. The molecule has 0 radical (unpaired) electrons. The standard InChI is InChI=1S/C26H37NO2S/c1-20(2)16-23(24(28)17-25(29)30-26(3,4)5)27(18-21-12-8-6-9-13-21)19-22-14-10-7-11-15-22/h6-15,20,23-24,28H,16-19H2,1-5H3/t23-,24-/m1/s1. The molecule has 2 aromatic rings. The molecular weight excluding hydrogens is 390 g/mol. The van der Waals surface area contributed by atoms with Gasteiger partial charge in [-0.2, -0.15) is 0 Å². The lowest BCUT2D eigenvalue weighted by Crippen LogP contribution is -2.44. The number of rotatable bonds is 10. The van der Waals surface area contributed by atoms with E-state index in [1.807, 2.05) is 57.2 Å². The molecular formula is C26H37NO2S. The molecule has 0 aliphatic carbocycles. The number of hydrogen-bond acceptors (Lipinski definition) is 4. The predicted molar refractivity (Wildman–Crippen MR) is 128 cm³/mol. The summed E-state index contributed by atoms with van der Waals surface area (Å²) in [4.78, 5) is 14.9. The third-order valence-electron chi connectivity index (χ3n) is 4.88. The highest BCUT2D eigenvalue weighted by atomic mass is 32.2. The van der Waals surface area contributed by atoms with E-state index < -0.39 is 6.10 Å². The van der Waals surface area contributed by atoms with Crippen molar-refractivity contribution in [1.82, 2.24) is 4.90 Å². The van der Waals surface area contributed by atoms with E-state index in [0.717, 1.165) is 19.5 Å². The van der Waals surface area contributed by atoms with Crippen molar-refractivity contribution >= 4 is 16.9 Å². The first-order valence-electron chi connectivity index (χ1n) is 10.9. The molecule has 0 aromatic heterocycles. The van der Waals surface area contributed by atoms with Gasteiger partial charge < -0.3 is 5.11 Å². The van der Waals surface area contributed by atoms with E-state index in [9.17, 15) is 9.90 Å². The van der Waals surface area contributed by atoms with E-state index in [1.54, 1.807) is 0 Å². The van der Waals surface area contributed by atoms with Crippen molar-refractivity contribution in [2.75, 3.05) is 0 Å². The van der Waals surface area contributed by atoms with Gasteiger partial charge in [-0.05, 0) is 23.5 Å². The third-order valence-corrected chi connectivity index (χ3v) is 5.89. The molecule has 0 spiro atoms. The molecule has 4 heteroatoms. The van der Waals surface area contributed by atoms with Crippen molar-refractivity contribution in [3.63, 3.8) is 0 Å². The van der Waals surface area contributed by atoms with Crippen LogP contribution < -0.4 is 0 Å². The quantitative estimate of drug-likeness (QED) is 0.511. The second-order valence-corrected chi connectivity index (χ2v) is 11.3. The maximum absolute atomic E-state index is 12.6. The van der Waals surface area contributed by atoms with Crippen LogP contribution in [0.15, 0.2) is 60.7 Å². The van der Waals surface area contributed by atoms with Crippen molar-refractivity contribution in [3.8, 4) is 0 Å². The summed E-state index contributed by atoms with van der Waals surface area (Å²) in [7, 11) is 0. The van der Waals surface area contributed by atoms with Gasteiger partial charge in [0.1, 0.15) is 0 Å². The van der Waals surface area contributed by atoms with Gasteiger partial charge in [-0.3, -0.25) is 9.69 Å². The van der Waals surface area contributed by atoms with Crippen LogP contribution in [0.3, 0.4) is 0 Å². The zero-order valence-electron chi connectivity index (χ0n) is 19.0. The summed E-state index contributed by atoms with van der Waals surface area (Å²) in [6.45, 7) is 11.9. The Kier molecular flexibility index (Phi) is 9.60. The maximum atomic E-state index is 12.6. The lowest BCUT2D eigenvalue weighted by molar-refractivity contribution is -0.114. The van der Waals surface area contributed by atoms with Crippen LogP contribution in [0.4, 0.5) is 0 Å². The Morgan fingerprint density at radius 2 is 1.40 bits per heavy atom. The molecule has 0 heterocycles. The fraction of sp³-hybridized carbons (Fsp3) is 0.500. The Labute approximate surface area is 186 Å². The first kappa shape index (κ1) is 24.6. The topological polar surface area (TPSA) is 40.5 Å². The van der Waals surface area contributed by atoms with Crippen LogP contribution in [0.1, 0.15) is 58.6 Å². The van der Waals surface area contributed by atoms with E-state index in [1.165, 1.54) is 22.9 Å². The molecule has 0 aliphatic rings. The van der Waals surface area contributed by atoms with Gasteiger partial charge >= 0.3 is 0 Å². The molecule has 2 aromatic carbocycles. The van der Waals surface area contributed by atoms with E-state index >= 15 is 0 Å². The highest BCUT2D eigenvalue weighted by Gasteiger charge is 2.30. The van der Waals surface area contributed by atoms with Gasteiger partial charge in [0.05, 0.1) is 6.10 Å². The Hall–Kier alpha value is -1.62. The predicted octanol–water partition coefficient (Wildman–Crippen LogP) is 5.91. The van der Waals surface area contributed by atoms with Gasteiger partial charge in [-0.15, -0.1) is 0 Å². The van der Waals surface area contributed by atoms with Gasteiger partial charge in [0, 0.05) is 30.3 Å². The van der Waals surface area contributed by atoms with Crippen molar-refractivity contribution in [3.05, 3.63) is 71.8 Å². The summed E-state index contributed by atoms with van der Waals surface area (Å²) in [5.74, 6) is 0.420. The lowest BCUT2D eigenvalue weighted by Gasteiger charge is -2.36. The molecule has 2 atom stereocenters. The molecule has 30 heavy (non-hydrogen) atoms. The van der Waals surface area contributed by atoms with Gasteiger partial charge in [-0.1, -0.05) is 107 Å². The fourth-order valence-electron chi connectivity index (χ4n) is 3.65. The number of nitrogens with zero attached hydrogens (tertiary/aromatic N) is 1. The molecule has 2 rings (SSSR count). The van der Waals surface area contributed by atoms with E-state index in [0.29, 0.717) is 5.92 Å². The molecule has 0 aliphatic heterocycles. The van der Waals surface area contributed by atoms with Crippen LogP contribution in [0.2, 0.25) is 0 Å². The zero-order valence-corrected chi connectivity index (χ0v) is 19.9. The monoisotopic (exact) mass is 427 g/mol. The first-order valence-corrected chi connectivity index (χ1v) is 11.7. The zero-order chi connectivity index (χ0) is 22.1. The van der Waals surface area contributed by atoms with Crippen molar-refractivity contribution in [2.45, 2.75) is 77.4 Å². The number of carbonyl (C=O) groups excluding carboxylic acids is 1. The smallest absolute Gasteiger partial charge is 0.192 e. The van der Waals surface area contributed by atoms with Gasteiger partial charge in [0.2, 0.25) is 0 Å². The Bertz CT molecular complexity index is 714. The highest BCUT2D eigenvalue weighted by Crippen LogP contribution is 2.28. The van der Waals surface area contributed by atoms with Gasteiger partial charge in [-0.25, -0.2) is 0 Å². The maximum Gasteiger partial charge on any atom is 0.192 e. The minimum atomic E-state index is -0.692. The molecule has 0 amide bonds. The lowest BCUT2D eigenvalue weighted by atomic mass is 9.95. The van der Waals surface area contributed by atoms with Crippen molar-refractivity contribution < 1.29 is 9.90 Å². The number of hydrogen-bond donors (Lipinski definition) is 1. The number of aliphatic hydroxyl groups excluding tert-OH is 1. The average Bonchev–Trinajstić information content (AvgIpc) is 2.65. The molecule has 164 valence electrons. The Morgan fingerprint density at radius 3 is 1.80 bits per heavy atom. The third kappa shape index (κ3) is 9.03. The second-order valence-electron chi connectivity index (χ2n) is 9.43. The SMILES string of the molecule is CC(C)C[C@H]([C@H](O)CC(=O)SC(C)(C)C)N(Cc1ccccc1)Cc1ccccc1. The molecule has 0 unspecified atom stereocenters. The van der Waals surface area contributed by atoms with Crippen LogP contribution in [0.5, 0.6) is 0 Å². The van der Waals surface area contributed by atoms with Gasteiger partial charge in [0.15, 0.2) is 5.12 Å². The molecule has 0 saturated heterocycles. The molecule has 0 saturated carbocycles. The van der Waals surface area contributed by atoms with Crippen LogP contribution in [-0.4, -0.2) is 32.0 Å². The van der Waals surface area contributed by atoms with E-state index in [-0.39, 0.29) is 22.3 Å². The van der Waals surface area contributed by atoms with Crippen LogP contribution >= 0.6 is 11.8 Å². The molecule has 3 nitrogen and oxygen atoms in total. The van der Waals surface area contributed by atoms with Crippen LogP contribution in [0, 0.1) is 5.92 Å². The minimum absolute atomic E-state index is 0.0585. The summed E-state index contributed by atoms with van der Waals surface area (Å²) in [6, 6.07) is 20.6. The van der Waals surface area contributed by atoms with Crippen molar-refractivity contribution in [1.29, 1.82) is 0 Å². The van der Waals surface area contributed by atoms with Gasteiger partial charge in [0.25, 0.3) is 0 Å². The summed E-state index contributed by atoms with van der Waals surface area (Å²) in [5, 5.41) is 11.2. The Morgan fingerprint density at radius 1 is 0.933 bits per heavy atom. The largest absolute Gasteiger partial charge is 0.391 e. The molecule has 0 bridgehead atoms. The number of aliphatic hydroxyl groups is 1. The first-order chi connectivity index (χ1) is 14.1. The van der Waals surface area contributed by atoms with Crippen LogP contribution in [0.25, 0.3) is 0 Å². The minimum Gasteiger partial charge on any atom is -0.391 e. The summed E-state index contributed by atoms with van der Waals surface area (Å²) in [5.41, 5.74) is 2.43. The van der Waals surface area contributed by atoms with E-state index in [4.69, 9.17) is 0 Å². The molecule has 0 fully saturated rings. The van der Waals surface area contributed by atoms with E-state index in [2.05, 4.69) is 43.0 Å². The summed E-state index contributed by atoms with van der Waals surface area (Å²) < 4.78 is -0.141. The number of benzene rings is 2. The fourth-order valence-corrected chi connectivity index (χ4v) is 4.59. The van der Waals surface area contributed by atoms with Crippen molar-refractivity contribution in [2.24, 2.45) is 5.92 Å². The Balaban J connectivity index is 2.25. The summed E-state index contributed by atoms with van der Waals surface area (Å²) in [6.07, 6.45) is 0.329. The highest BCUT2D eigenvalue weighted by molar-refractivity contribution is 8.14. The van der Waals surface area contributed by atoms with Crippen LogP contribution in [-0.2, 0) is 17.9 Å². The summed E-state index contributed by atoms with van der Waals surface area (Å²) >= 11 is 1.32. The molecule has 1 N–H and O–H groups in total. The average molecular weight is 428 g/mol.